The number of rotatable bonds is 0. The second kappa shape index (κ2) is 1.76. The lowest BCUT2D eigenvalue weighted by Gasteiger charge is -1.98. The fourth-order valence-electron chi connectivity index (χ4n) is 0.638. The van der Waals surface area contributed by atoms with Crippen molar-refractivity contribution in [2.24, 2.45) is 5.73 Å². The Labute approximate surface area is 48.1 Å². The van der Waals surface area contributed by atoms with Crippen LogP contribution in [0.1, 0.15) is 12.8 Å². The zero-order valence-electron chi connectivity index (χ0n) is 3.98. The lowest BCUT2D eigenvalue weighted by molar-refractivity contribution is 0.659. The van der Waals surface area contributed by atoms with E-state index in [0.29, 0.717) is 0 Å². The third kappa shape index (κ3) is 1.11. The first-order valence-electron chi connectivity index (χ1n) is 2.34. The van der Waals surface area contributed by atoms with Crippen LogP contribution in [0.4, 0.5) is 0 Å². The molecule has 1 heterocycles. The molecular formula is C4H8N2S. The van der Waals surface area contributed by atoms with E-state index in [1.165, 1.54) is 0 Å². The van der Waals surface area contributed by atoms with E-state index >= 15 is 0 Å². The van der Waals surface area contributed by atoms with Crippen LogP contribution in [-0.4, -0.2) is 11.2 Å². The third-order valence-corrected chi connectivity index (χ3v) is 1.35. The maximum absolute atomic E-state index is 5.43. The van der Waals surface area contributed by atoms with Crippen LogP contribution in [0, 0.1) is 0 Å². The summed E-state index contributed by atoms with van der Waals surface area (Å²) in [6.07, 6.45) is 2.10. The topological polar surface area (TPSA) is 38.0 Å². The maximum atomic E-state index is 5.43. The van der Waals surface area contributed by atoms with Crippen molar-refractivity contribution in [2.75, 3.05) is 0 Å². The second-order valence-corrected chi connectivity index (χ2v) is 2.21. The van der Waals surface area contributed by atoms with Gasteiger partial charge < -0.3 is 11.1 Å². The van der Waals surface area contributed by atoms with Gasteiger partial charge in [-0.3, -0.25) is 0 Å². The first-order valence-corrected chi connectivity index (χ1v) is 2.75. The smallest absolute Gasteiger partial charge is 0.0766 e. The molecule has 7 heavy (non-hydrogen) atoms. The number of hydrogen-bond acceptors (Lipinski definition) is 2. The maximum Gasteiger partial charge on any atom is 0.0766 e. The van der Waals surface area contributed by atoms with Crippen molar-refractivity contribution in [1.29, 1.82) is 0 Å². The predicted octanol–water partition coefficient (Wildman–Crippen LogP) is -0.0180. The highest BCUT2D eigenvalue weighted by molar-refractivity contribution is 7.80. The molecule has 0 radical (unpaired) electrons. The summed E-state index contributed by atoms with van der Waals surface area (Å²) in [5.74, 6) is 0. The molecule has 0 aromatic carbocycles. The quantitative estimate of drug-likeness (QED) is 0.437. The first kappa shape index (κ1) is 5.00. The van der Waals surface area contributed by atoms with Gasteiger partial charge in [0.15, 0.2) is 0 Å². The van der Waals surface area contributed by atoms with Gasteiger partial charge in [-0.15, -0.1) is 0 Å². The van der Waals surface area contributed by atoms with Gasteiger partial charge >= 0.3 is 0 Å². The van der Waals surface area contributed by atoms with Crippen LogP contribution < -0.4 is 11.1 Å². The molecule has 3 N–H and O–H groups in total. The molecule has 1 aliphatic heterocycles. The number of thiocarbonyl (C=S) groups is 1. The summed E-state index contributed by atoms with van der Waals surface area (Å²) in [4.78, 5) is 0.910. The molecule has 0 spiro atoms. The molecule has 1 unspecified atom stereocenters. The molecule has 1 rings (SSSR count). The Hall–Kier alpha value is -0.150. The molecule has 0 amide bonds. The van der Waals surface area contributed by atoms with Crippen molar-refractivity contribution in [3.05, 3.63) is 0 Å². The Balaban J connectivity index is 2.40. The molecule has 0 bridgehead atoms. The van der Waals surface area contributed by atoms with Gasteiger partial charge in [0, 0.05) is 6.42 Å². The van der Waals surface area contributed by atoms with Gasteiger partial charge in [-0.2, -0.15) is 0 Å². The molecule has 1 atom stereocenters. The van der Waals surface area contributed by atoms with Crippen LogP contribution in [0.15, 0.2) is 0 Å². The number of nitrogens with one attached hydrogen (secondary N) is 1. The van der Waals surface area contributed by atoms with Crippen LogP contribution in [-0.2, 0) is 0 Å². The van der Waals surface area contributed by atoms with E-state index in [1.807, 2.05) is 0 Å². The fraction of sp³-hybridized carbons (Fsp3) is 0.750. The largest absolute Gasteiger partial charge is 0.365 e. The van der Waals surface area contributed by atoms with E-state index in [9.17, 15) is 0 Å². The van der Waals surface area contributed by atoms with Gasteiger partial charge in [0.1, 0.15) is 0 Å². The summed E-state index contributed by atoms with van der Waals surface area (Å²) in [5.41, 5.74) is 5.43. The zero-order chi connectivity index (χ0) is 5.28. The lowest BCUT2D eigenvalue weighted by Crippen LogP contribution is -2.32. The molecule has 0 aromatic heterocycles. The van der Waals surface area contributed by atoms with Crippen LogP contribution in [0.3, 0.4) is 0 Å². The van der Waals surface area contributed by atoms with Crippen molar-refractivity contribution < 1.29 is 0 Å². The highest BCUT2D eigenvalue weighted by Gasteiger charge is 2.11. The van der Waals surface area contributed by atoms with Crippen LogP contribution in [0.25, 0.3) is 0 Å². The minimum absolute atomic E-state index is 0.132. The Kier molecular flexibility index (Phi) is 1.25. The molecule has 0 aliphatic carbocycles. The summed E-state index contributed by atoms with van der Waals surface area (Å²) < 4.78 is 0. The molecule has 2 nitrogen and oxygen atoms in total. The average Bonchev–Trinajstić information content (AvgIpc) is 1.87. The molecule has 0 aromatic rings. The normalized spacial score (nSPS) is 30.4. The van der Waals surface area contributed by atoms with Crippen molar-refractivity contribution in [2.45, 2.75) is 19.0 Å². The van der Waals surface area contributed by atoms with Crippen molar-refractivity contribution >= 4 is 17.2 Å². The highest BCUT2D eigenvalue weighted by Crippen LogP contribution is 2.01. The first-order chi connectivity index (χ1) is 3.29. The van der Waals surface area contributed by atoms with Crippen LogP contribution in [0.2, 0.25) is 0 Å². The minimum Gasteiger partial charge on any atom is -0.365 e. The second-order valence-electron chi connectivity index (χ2n) is 1.71. The van der Waals surface area contributed by atoms with E-state index < -0.39 is 0 Å². The van der Waals surface area contributed by atoms with Gasteiger partial charge in [0.25, 0.3) is 0 Å². The van der Waals surface area contributed by atoms with Gasteiger partial charge in [0.05, 0.1) is 11.2 Å². The van der Waals surface area contributed by atoms with Crippen molar-refractivity contribution in [1.82, 2.24) is 5.32 Å². The molecule has 0 saturated carbocycles. The number of hydrogen-bond donors (Lipinski definition) is 2. The summed E-state index contributed by atoms with van der Waals surface area (Å²) in [6, 6.07) is 0. The standard InChI is InChI=1S/C4H8N2S/c5-3-1-2-4(7)6-3/h3H,1-2,5H2,(H,6,7). The predicted molar refractivity (Wildman–Crippen MR) is 32.9 cm³/mol. The van der Waals surface area contributed by atoms with Crippen molar-refractivity contribution in [3.63, 3.8) is 0 Å². The minimum atomic E-state index is 0.132. The highest BCUT2D eigenvalue weighted by atomic mass is 32.1. The van der Waals surface area contributed by atoms with Crippen LogP contribution in [0.5, 0.6) is 0 Å². The third-order valence-electron chi connectivity index (χ3n) is 1.03. The SMILES string of the molecule is NC1CCC(=S)N1. The van der Waals surface area contributed by atoms with Crippen LogP contribution >= 0.6 is 12.2 Å². The summed E-state index contributed by atoms with van der Waals surface area (Å²) in [5, 5.41) is 2.93. The monoisotopic (exact) mass is 116 g/mol. The van der Waals surface area contributed by atoms with Gasteiger partial charge in [-0.1, -0.05) is 12.2 Å². The molecule has 1 saturated heterocycles. The fourth-order valence-corrected chi connectivity index (χ4v) is 0.907. The Morgan fingerprint density at radius 3 is 2.71 bits per heavy atom. The van der Waals surface area contributed by atoms with E-state index in [-0.39, 0.29) is 6.17 Å². The summed E-state index contributed by atoms with van der Waals surface area (Å²) in [7, 11) is 0. The van der Waals surface area contributed by atoms with Crippen molar-refractivity contribution in [3.8, 4) is 0 Å². The average molecular weight is 116 g/mol. The Morgan fingerprint density at radius 2 is 2.57 bits per heavy atom. The van der Waals surface area contributed by atoms with Gasteiger partial charge in [-0.25, -0.2) is 0 Å². The summed E-state index contributed by atoms with van der Waals surface area (Å²) in [6.45, 7) is 0. The van der Waals surface area contributed by atoms with E-state index in [1.54, 1.807) is 0 Å². The van der Waals surface area contributed by atoms with Gasteiger partial charge in [0.2, 0.25) is 0 Å². The van der Waals surface area contributed by atoms with E-state index in [0.717, 1.165) is 17.8 Å². The Morgan fingerprint density at radius 1 is 1.86 bits per heavy atom. The number of nitrogens with two attached hydrogens (primary N) is 1. The van der Waals surface area contributed by atoms with E-state index in [4.69, 9.17) is 18.0 Å². The molecular weight excluding hydrogens is 108 g/mol. The molecule has 1 aliphatic rings. The molecule has 40 valence electrons. The molecule has 1 fully saturated rings. The Bertz CT molecular complexity index is 91.7. The zero-order valence-corrected chi connectivity index (χ0v) is 4.79. The van der Waals surface area contributed by atoms with Gasteiger partial charge in [-0.05, 0) is 6.42 Å². The summed E-state index contributed by atoms with van der Waals surface area (Å²) >= 11 is 4.80. The van der Waals surface area contributed by atoms with E-state index in [2.05, 4.69) is 5.32 Å². The lowest BCUT2D eigenvalue weighted by atomic mass is 10.3. The molecule has 3 heteroatoms.